The van der Waals surface area contributed by atoms with Crippen LogP contribution in [0.4, 0.5) is 13.2 Å². The van der Waals surface area contributed by atoms with Gasteiger partial charge in [-0.15, -0.1) is 0 Å². The molecule has 4 aromatic rings. The van der Waals surface area contributed by atoms with Crippen molar-refractivity contribution in [1.82, 2.24) is 4.90 Å². The minimum absolute atomic E-state index is 0.120. The maximum atomic E-state index is 13.5. The van der Waals surface area contributed by atoms with Crippen molar-refractivity contribution in [2.24, 2.45) is 5.92 Å². The fourth-order valence-electron chi connectivity index (χ4n) is 5.40. The second kappa shape index (κ2) is 15.9. The van der Waals surface area contributed by atoms with E-state index >= 15 is 0 Å². The van der Waals surface area contributed by atoms with Crippen LogP contribution in [0, 0.1) is 23.4 Å². The number of aliphatic hydroxyl groups is 1. The first kappa shape index (κ1) is 31.8. The molecule has 1 aliphatic heterocycles. The Hall–Kier alpha value is -4.14. The number of likely N-dealkylation sites (tertiary alicyclic amines) is 1. The van der Waals surface area contributed by atoms with Crippen LogP contribution < -0.4 is 4.74 Å². The third-order valence-corrected chi connectivity index (χ3v) is 7.59. The first-order chi connectivity index (χ1) is 20.8. The van der Waals surface area contributed by atoms with Crippen LogP contribution in [0.3, 0.4) is 0 Å². The van der Waals surface area contributed by atoms with Crippen molar-refractivity contribution < 1.29 is 32.9 Å². The molecule has 0 spiro atoms. The standard InChI is InChI=1S/C27H28F3NO.C8H8O3/c28-23-9-5-20(6-10-23)27(21-7-11-24(29)12-8-21)22-13-16-31(17-14-22)15-2-18-32-26-4-1-3-25(30)19-26;9-7(8(10)11)6-4-2-1-3-5-6/h1,3-12,19,22,27H,2,13-18H2;1-5,7,9H,(H,10,11). The number of aliphatic hydroxyl groups excluding tert-OH is 1. The van der Waals surface area contributed by atoms with Gasteiger partial charge in [-0.05, 0) is 91.4 Å². The number of halogens is 3. The molecule has 8 heteroatoms. The highest BCUT2D eigenvalue weighted by atomic mass is 19.1. The smallest absolute Gasteiger partial charge is 0.337 e. The van der Waals surface area contributed by atoms with Crippen LogP contribution in [0.1, 0.15) is 48.0 Å². The summed E-state index contributed by atoms with van der Waals surface area (Å²) in [6.45, 7) is 3.43. The van der Waals surface area contributed by atoms with Crippen molar-refractivity contribution in [3.63, 3.8) is 0 Å². The summed E-state index contributed by atoms with van der Waals surface area (Å²) in [5.41, 5.74) is 2.54. The van der Waals surface area contributed by atoms with Gasteiger partial charge in [0.25, 0.3) is 0 Å². The first-order valence-corrected chi connectivity index (χ1v) is 14.4. The highest BCUT2D eigenvalue weighted by molar-refractivity contribution is 5.73. The van der Waals surface area contributed by atoms with E-state index in [-0.39, 0.29) is 23.4 Å². The summed E-state index contributed by atoms with van der Waals surface area (Å²) in [6.07, 6.45) is 1.51. The van der Waals surface area contributed by atoms with Gasteiger partial charge in [0.1, 0.15) is 23.2 Å². The topological polar surface area (TPSA) is 70.0 Å². The second-order valence-electron chi connectivity index (χ2n) is 10.6. The lowest BCUT2D eigenvalue weighted by Gasteiger charge is -2.36. The van der Waals surface area contributed by atoms with Gasteiger partial charge >= 0.3 is 5.97 Å². The number of hydrogen-bond acceptors (Lipinski definition) is 4. The second-order valence-corrected chi connectivity index (χ2v) is 10.6. The van der Waals surface area contributed by atoms with Gasteiger partial charge in [0.15, 0.2) is 6.10 Å². The number of ether oxygens (including phenoxy) is 1. The number of benzene rings is 4. The van der Waals surface area contributed by atoms with Crippen LogP contribution in [0.5, 0.6) is 5.75 Å². The minimum atomic E-state index is -1.41. The Morgan fingerprint density at radius 2 is 1.35 bits per heavy atom. The number of nitrogens with zero attached hydrogens (tertiary/aromatic N) is 1. The molecule has 4 aromatic carbocycles. The van der Waals surface area contributed by atoms with Crippen LogP contribution in [-0.4, -0.2) is 47.3 Å². The van der Waals surface area contributed by atoms with Gasteiger partial charge in [0, 0.05) is 18.5 Å². The largest absolute Gasteiger partial charge is 0.493 e. The summed E-state index contributed by atoms with van der Waals surface area (Å²) in [5, 5.41) is 17.4. The fourth-order valence-corrected chi connectivity index (χ4v) is 5.40. The number of piperidine rings is 1. The fraction of sp³-hybridized carbons (Fsp3) is 0.286. The summed E-state index contributed by atoms with van der Waals surface area (Å²) >= 11 is 0. The van der Waals surface area contributed by atoms with Gasteiger partial charge in [-0.1, -0.05) is 60.7 Å². The van der Waals surface area contributed by atoms with Gasteiger partial charge < -0.3 is 19.8 Å². The Morgan fingerprint density at radius 3 is 1.88 bits per heavy atom. The molecule has 43 heavy (non-hydrogen) atoms. The van der Waals surface area contributed by atoms with E-state index in [1.807, 2.05) is 24.3 Å². The normalized spacial score (nSPS) is 14.5. The summed E-state index contributed by atoms with van der Waals surface area (Å²) < 4.78 is 45.9. The number of carboxylic acid groups (broad SMARTS) is 1. The molecule has 0 aliphatic carbocycles. The maximum Gasteiger partial charge on any atom is 0.337 e. The zero-order chi connectivity index (χ0) is 30.6. The van der Waals surface area contributed by atoms with Gasteiger partial charge in [-0.3, -0.25) is 0 Å². The molecular formula is C35H36F3NO4. The van der Waals surface area contributed by atoms with E-state index in [0.717, 1.165) is 50.0 Å². The van der Waals surface area contributed by atoms with Gasteiger partial charge in [0.05, 0.1) is 6.61 Å². The predicted octanol–water partition coefficient (Wildman–Crippen LogP) is 7.22. The number of carboxylic acids is 1. The average Bonchev–Trinajstić information content (AvgIpc) is 3.02. The number of hydrogen-bond donors (Lipinski definition) is 2. The lowest BCUT2D eigenvalue weighted by Crippen LogP contribution is -2.36. The Bertz CT molecular complexity index is 1360. The van der Waals surface area contributed by atoms with Gasteiger partial charge in [-0.25, -0.2) is 18.0 Å². The Kier molecular flexibility index (Phi) is 11.8. The summed E-state index contributed by atoms with van der Waals surface area (Å²) in [6, 6.07) is 27.9. The molecule has 1 unspecified atom stereocenters. The van der Waals surface area contributed by atoms with E-state index in [4.69, 9.17) is 14.9 Å². The molecule has 226 valence electrons. The van der Waals surface area contributed by atoms with Crippen molar-refractivity contribution in [2.45, 2.75) is 31.3 Å². The van der Waals surface area contributed by atoms with Crippen molar-refractivity contribution in [3.05, 3.63) is 137 Å². The lowest BCUT2D eigenvalue weighted by atomic mass is 9.76. The predicted molar refractivity (Wildman–Crippen MR) is 159 cm³/mol. The number of aliphatic carboxylic acids is 1. The maximum absolute atomic E-state index is 13.5. The average molecular weight is 592 g/mol. The molecule has 0 bridgehead atoms. The van der Waals surface area contributed by atoms with Crippen LogP contribution in [0.25, 0.3) is 0 Å². The van der Waals surface area contributed by atoms with E-state index in [9.17, 15) is 18.0 Å². The third-order valence-electron chi connectivity index (χ3n) is 7.59. The highest BCUT2D eigenvalue weighted by Crippen LogP contribution is 2.38. The zero-order valence-electron chi connectivity index (χ0n) is 23.8. The molecule has 0 radical (unpaired) electrons. The molecule has 1 saturated heterocycles. The molecule has 0 aromatic heterocycles. The zero-order valence-corrected chi connectivity index (χ0v) is 23.8. The highest BCUT2D eigenvalue weighted by Gasteiger charge is 2.29. The van der Waals surface area contributed by atoms with E-state index in [1.54, 1.807) is 42.5 Å². The van der Waals surface area contributed by atoms with Crippen LogP contribution in [-0.2, 0) is 4.79 Å². The van der Waals surface area contributed by atoms with Crippen LogP contribution in [0.2, 0.25) is 0 Å². The van der Waals surface area contributed by atoms with E-state index in [2.05, 4.69) is 4.90 Å². The Labute approximate surface area is 250 Å². The first-order valence-electron chi connectivity index (χ1n) is 14.4. The molecule has 1 atom stereocenters. The molecule has 0 saturated carbocycles. The number of rotatable bonds is 10. The van der Waals surface area contributed by atoms with E-state index < -0.39 is 12.1 Å². The number of carbonyl (C=O) groups is 1. The molecular weight excluding hydrogens is 555 g/mol. The monoisotopic (exact) mass is 591 g/mol. The van der Waals surface area contributed by atoms with Gasteiger partial charge in [-0.2, -0.15) is 0 Å². The molecule has 1 fully saturated rings. The molecule has 1 aliphatic rings. The van der Waals surface area contributed by atoms with E-state index in [0.29, 0.717) is 23.8 Å². The SMILES string of the molecule is Fc1ccc(C(c2ccc(F)cc2)C2CCN(CCCOc3cccc(F)c3)CC2)cc1.O=C(O)C(O)c1ccccc1. The van der Waals surface area contributed by atoms with Crippen molar-refractivity contribution in [3.8, 4) is 5.75 Å². The van der Waals surface area contributed by atoms with Crippen molar-refractivity contribution in [2.75, 3.05) is 26.2 Å². The third kappa shape index (κ3) is 9.70. The van der Waals surface area contributed by atoms with Gasteiger partial charge in [0.2, 0.25) is 0 Å². The molecule has 1 heterocycles. The van der Waals surface area contributed by atoms with Crippen molar-refractivity contribution >= 4 is 5.97 Å². The quantitative estimate of drug-likeness (QED) is 0.191. The Balaban J connectivity index is 0.000000324. The molecule has 5 nitrogen and oxygen atoms in total. The Morgan fingerprint density at radius 1 is 0.767 bits per heavy atom. The summed E-state index contributed by atoms with van der Waals surface area (Å²) in [7, 11) is 0. The molecule has 0 amide bonds. The van der Waals surface area contributed by atoms with E-state index in [1.165, 1.54) is 36.4 Å². The summed E-state index contributed by atoms with van der Waals surface area (Å²) in [4.78, 5) is 12.7. The summed E-state index contributed by atoms with van der Waals surface area (Å²) in [5.74, 6) is -0.924. The minimum Gasteiger partial charge on any atom is -0.493 e. The molecule has 2 N–H and O–H groups in total. The van der Waals surface area contributed by atoms with Crippen LogP contribution >= 0.6 is 0 Å². The molecule has 5 rings (SSSR count). The van der Waals surface area contributed by atoms with Crippen molar-refractivity contribution in [1.29, 1.82) is 0 Å². The lowest BCUT2D eigenvalue weighted by molar-refractivity contribution is -0.146. The van der Waals surface area contributed by atoms with Crippen LogP contribution in [0.15, 0.2) is 103 Å².